The monoisotopic (exact) mass is 194 g/mol. The molecule has 0 amide bonds. The first-order valence-electron chi connectivity index (χ1n) is 3.77. The van der Waals surface area contributed by atoms with Crippen molar-refractivity contribution in [2.45, 2.75) is 0 Å². The molecular formula is C8H7BO3S. The second-order valence-electron chi connectivity index (χ2n) is 2.55. The van der Waals surface area contributed by atoms with Crippen LogP contribution in [0.15, 0.2) is 34.9 Å². The van der Waals surface area contributed by atoms with Crippen LogP contribution < -0.4 is 4.78 Å². The molecule has 2 aromatic heterocycles. The van der Waals surface area contributed by atoms with Crippen LogP contribution in [-0.4, -0.2) is 17.2 Å². The van der Waals surface area contributed by atoms with E-state index in [4.69, 9.17) is 14.5 Å². The number of rotatable bonds is 2. The van der Waals surface area contributed by atoms with E-state index in [1.807, 2.05) is 6.07 Å². The summed E-state index contributed by atoms with van der Waals surface area (Å²) in [5.74, 6) is 0.747. The van der Waals surface area contributed by atoms with Gasteiger partial charge in [0.15, 0.2) is 0 Å². The van der Waals surface area contributed by atoms with Crippen molar-refractivity contribution in [2.75, 3.05) is 0 Å². The van der Waals surface area contributed by atoms with Gasteiger partial charge in [0.25, 0.3) is 0 Å². The van der Waals surface area contributed by atoms with Gasteiger partial charge < -0.3 is 14.5 Å². The normalized spacial score (nSPS) is 10.3. The lowest BCUT2D eigenvalue weighted by Crippen LogP contribution is -2.26. The molecule has 0 atom stereocenters. The van der Waals surface area contributed by atoms with Gasteiger partial charge in [0.2, 0.25) is 0 Å². The predicted octanol–water partition coefficient (Wildman–Crippen LogP) is 0.688. The summed E-state index contributed by atoms with van der Waals surface area (Å²) in [7, 11) is -1.39. The van der Waals surface area contributed by atoms with Crippen LogP contribution in [0.2, 0.25) is 0 Å². The summed E-state index contributed by atoms with van der Waals surface area (Å²) >= 11 is 1.30. The predicted molar refractivity (Wildman–Crippen MR) is 51.8 cm³/mol. The maximum absolute atomic E-state index is 8.87. The first-order chi connectivity index (χ1) is 6.27. The quantitative estimate of drug-likeness (QED) is 0.691. The molecule has 0 aliphatic rings. The number of thiophene rings is 1. The van der Waals surface area contributed by atoms with Gasteiger partial charge in [0, 0.05) is 4.78 Å². The van der Waals surface area contributed by atoms with Crippen LogP contribution in [0.4, 0.5) is 0 Å². The molecule has 0 aromatic carbocycles. The zero-order valence-electron chi connectivity index (χ0n) is 6.68. The lowest BCUT2D eigenvalue weighted by atomic mass is 9.90. The van der Waals surface area contributed by atoms with E-state index in [0.717, 1.165) is 10.6 Å². The molecule has 2 aromatic rings. The van der Waals surface area contributed by atoms with Crippen LogP contribution in [0, 0.1) is 0 Å². The van der Waals surface area contributed by atoms with E-state index in [1.165, 1.54) is 11.3 Å². The summed E-state index contributed by atoms with van der Waals surface area (Å²) in [4.78, 5) is 0.896. The Bertz CT molecular complexity index is 380. The molecule has 0 unspecified atom stereocenters. The standard InChI is InChI=1S/C8H7BO3S/c10-9(11)8-4-3-7(13-8)6-2-1-5-12-6/h1-5,10-11H. The summed E-state index contributed by atoms with van der Waals surface area (Å²) in [5.41, 5.74) is 0. The molecule has 2 N–H and O–H groups in total. The molecule has 0 aliphatic carbocycles. The Morgan fingerprint density at radius 2 is 2.08 bits per heavy atom. The van der Waals surface area contributed by atoms with E-state index < -0.39 is 7.12 Å². The van der Waals surface area contributed by atoms with E-state index in [-0.39, 0.29) is 0 Å². The second kappa shape index (κ2) is 3.37. The first-order valence-corrected chi connectivity index (χ1v) is 4.59. The third kappa shape index (κ3) is 1.67. The highest BCUT2D eigenvalue weighted by Crippen LogP contribution is 2.23. The maximum atomic E-state index is 8.87. The van der Waals surface area contributed by atoms with Gasteiger partial charge >= 0.3 is 7.12 Å². The summed E-state index contributed by atoms with van der Waals surface area (Å²) in [6.45, 7) is 0. The van der Waals surface area contributed by atoms with Gasteiger partial charge in [-0.1, -0.05) is 6.07 Å². The lowest BCUT2D eigenvalue weighted by molar-refractivity contribution is 0.427. The van der Waals surface area contributed by atoms with E-state index >= 15 is 0 Å². The fourth-order valence-corrected chi connectivity index (χ4v) is 1.89. The molecule has 0 bridgehead atoms. The van der Waals surface area contributed by atoms with E-state index in [0.29, 0.717) is 4.78 Å². The van der Waals surface area contributed by atoms with Crippen molar-refractivity contribution < 1.29 is 14.5 Å². The molecule has 0 spiro atoms. The van der Waals surface area contributed by atoms with Crippen LogP contribution in [0.5, 0.6) is 0 Å². The molecule has 0 aliphatic heterocycles. The van der Waals surface area contributed by atoms with Crippen LogP contribution in [-0.2, 0) is 0 Å². The Morgan fingerprint density at radius 1 is 1.23 bits per heavy atom. The van der Waals surface area contributed by atoms with E-state index in [9.17, 15) is 0 Å². The highest BCUT2D eigenvalue weighted by Gasteiger charge is 2.14. The van der Waals surface area contributed by atoms with Crippen LogP contribution in [0.25, 0.3) is 10.6 Å². The smallest absolute Gasteiger partial charge is 0.464 e. The van der Waals surface area contributed by atoms with Gasteiger partial charge in [0.1, 0.15) is 5.76 Å². The minimum Gasteiger partial charge on any atom is -0.464 e. The third-order valence-corrected chi connectivity index (χ3v) is 2.79. The molecule has 0 saturated carbocycles. The van der Waals surface area contributed by atoms with Gasteiger partial charge in [0.05, 0.1) is 11.1 Å². The van der Waals surface area contributed by atoms with E-state index in [2.05, 4.69) is 0 Å². The van der Waals surface area contributed by atoms with Crippen molar-refractivity contribution in [3.8, 4) is 10.6 Å². The maximum Gasteiger partial charge on any atom is 0.499 e. The Balaban J connectivity index is 2.33. The van der Waals surface area contributed by atoms with Gasteiger partial charge in [-0.25, -0.2) is 0 Å². The van der Waals surface area contributed by atoms with Crippen LogP contribution in [0.1, 0.15) is 0 Å². The van der Waals surface area contributed by atoms with Gasteiger partial charge in [-0.2, -0.15) is 0 Å². The molecule has 0 radical (unpaired) electrons. The lowest BCUT2D eigenvalue weighted by Gasteiger charge is -1.90. The van der Waals surface area contributed by atoms with Crippen molar-refractivity contribution in [1.29, 1.82) is 0 Å². The third-order valence-electron chi connectivity index (χ3n) is 1.65. The zero-order chi connectivity index (χ0) is 9.26. The molecule has 66 valence electrons. The molecule has 2 heterocycles. The largest absolute Gasteiger partial charge is 0.499 e. The SMILES string of the molecule is OB(O)c1ccc(-c2ccco2)s1. The number of furan rings is 1. The minimum absolute atomic E-state index is 0.520. The molecule has 13 heavy (non-hydrogen) atoms. The summed E-state index contributed by atoms with van der Waals surface area (Å²) in [6.07, 6.45) is 1.59. The minimum atomic E-state index is -1.39. The average Bonchev–Trinajstić information content (AvgIpc) is 2.75. The molecule has 2 rings (SSSR count). The fourth-order valence-electron chi connectivity index (χ4n) is 1.04. The van der Waals surface area contributed by atoms with Crippen molar-refractivity contribution in [1.82, 2.24) is 0 Å². The van der Waals surface area contributed by atoms with Crippen molar-refractivity contribution in [2.24, 2.45) is 0 Å². The first kappa shape index (κ1) is 8.56. The average molecular weight is 194 g/mol. The van der Waals surface area contributed by atoms with Gasteiger partial charge in [-0.3, -0.25) is 0 Å². The summed E-state index contributed by atoms with van der Waals surface area (Å²) < 4.78 is 5.68. The summed E-state index contributed by atoms with van der Waals surface area (Å²) in [6, 6.07) is 7.11. The molecule has 0 fully saturated rings. The van der Waals surface area contributed by atoms with Gasteiger partial charge in [-0.15, -0.1) is 11.3 Å². The Kier molecular flexibility index (Phi) is 2.22. The molecule has 0 saturated heterocycles. The number of hydrogen-bond donors (Lipinski definition) is 2. The second-order valence-corrected chi connectivity index (χ2v) is 3.67. The van der Waals surface area contributed by atoms with Crippen molar-refractivity contribution >= 4 is 23.2 Å². The highest BCUT2D eigenvalue weighted by atomic mass is 32.1. The van der Waals surface area contributed by atoms with E-state index in [1.54, 1.807) is 24.5 Å². The topological polar surface area (TPSA) is 53.6 Å². The molecular weight excluding hydrogens is 187 g/mol. The number of hydrogen-bond acceptors (Lipinski definition) is 4. The molecule has 5 heteroatoms. The molecule has 3 nitrogen and oxygen atoms in total. The van der Waals surface area contributed by atoms with Gasteiger partial charge in [-0.05, 0) is 18.2 Å². The zero-order valence-corrected chi connectivity index (χ0v) is 7.49. The summed E-state index contributed by atoms with van der Waals surface area (Å²) in [5, 5.41) is 17.7. The van der Waals surface area contributed by atoms with Crippen LogP contribution >= 0.6 is 11.3 Å². The Labute approximate surface area is 79.4 Å². The van der Waals surface area contributed by atoms with Crippen molar-refractivity contribution in [3.05, 3.63) is 30.5 Å². The van der Waals surface area contributed by atoms with Crippen LogP contribution in [0.3, 0.4) is 0 Å². The van der Waals surface area contributed by atoms with Crippen molar-refractivity contribution in [3.63, 3.8) is 0 Å². The Morgan fingerprint density at radius 3 is 2.62 bits per heavy atom. The fraction of sp³-hybridized carbons (Fsp3) is 0. The Hall–Kier alpha value is -1.04. The highest BCUT2D eigenvalue weighted by molar-refractivity contribution is 7.24.